The molecule has 1 aliphatic heterocycles. The zero-order chi connectivity index (χ0) is 16.4. The number of aromatic nitrogens is 3. The van der Waals surface area contributed by atoms with Gasteiger partial charge in [0.25, 0.3) is 5.91 Å². The summed E-state index contributed by atoms with van der Waals surface area (Å²) < 4.78 is 0. The summed E-state index contributed by atoms with van der Waals surface area (Å²) in [6.07, 6.45) is 6.66. The number of carbonyl (C=O) groups excluding carboxylic acids is 1. The Labute approximate surface area is 137 Å². The number of rotatable bonds is 2. The molecule has 116 valence electrons. The van der Waals surface area contributed by atoms with E-state index in [0.717, 1.165) is 16.6 Å². The average Bonchev–Trinajstić information content (AvgIpc) is 2.95. The molecule has 0 radical (unpaired) electrons. The second-order valence-electron chi connectivity index (χ2n) is 5.09. The number of pyridine rings is 1. The first-order valence-corrected chi connectivity index (χ1v) is 7.28. The molecule has 3 heterocycles. The van der Waals surface area contributed by atoms with Gasteiger partial charge in [-0.05, 0) is 35.9 Å². The van der Waals surface area contributed by atoms with E-state index in [1.165, 1.54) is 0 Å². The second kappa shape index (κ2) is 5.88. The summed E-state index contributed by atoms with van der Waals surface area (Å²) in [5, 5.41) is 5.63. The van der Waals surface area contributed by atoms with Gasteiger partial charge in [0.2, 0.25) is 5.96 Å². The quantitative estimate of drug-likeness (QED) is 0.703. The van der Waals surface area contributed by atoms with Crippen molar-refractivity contribution >= 4 is 34.8 Å². The summed E-state index contributed by atoms with van der Waals surface area (Å²) in [5.41, 5.74) is 2.83. The molecule has 1 aliphatic rings. The van der Waals surface area contributed by atoms with Crippen molar-refractivity contribution in [1.29, 1.82) is 0 Å². The van der Waals surface area contributed by atoms with Crippen LogP contribution in [0.3, 0.4) is 0 Å². The standard InChI is InChI=1S/C17H12N6O/c24-16-14(21-17(23-16)22-15-3-1-2-6-20-15)10-11-4-5-12-13(9-11)19-8-7-18-12/h1-10H,(H2,20,21,22,23,24)/b14-10-. The molecule has 0 bridgehead atoms. The minimum absolute atomic E-state index is 0.246. The summed E-state index contributed by atoms with van der Waals surface area (Å²) >= 11 is 0. The lowest BCUT2D eigenvalue weighted by Gasteiger charge is -1.99. The molecule has 1 saturated heterocycles. The Morgan fingerprint density at radius 1 is 0.917 bits per heavy atom. The van der Waals surface area contributed by atoms with Crippen molar-refractivity contribution in [2.45, 2.75) is 0 Å². The molecule has 3 aromatic rings. The van der Waals surface area contributed by atoms with Gasteiger partial charge in [-0.15, -0.1) is 0 Å². The monoisotopic (exact) mass is 316 g/mol. The lowest BCUT2D eigenvalue weighted by atomic mass is 10.1. The Hall–Kier alpha value is -3.61. The Bertz CT molecular complexity index is 981. The van der Waals surface area contributed by atoms with Crippen molar-refractivity contribution in [3.05, 3.63) is 66.2 Å². The average molecular weight is 316 g/mol. The topological polar surface area (TPSA) is 92.2 Å². The molecule has 4 rings (SSSR count). The van der Waals surface area contributed by atoms with Gasteiger partial charge in [0.05, 0.1) is 11.0 Å². The zero-order valence-corrected chi connectivity index (χ0v) is 12.5. The van der Waals surface area contributed by atoms with Crippen LogP contribution in [-0.2, 0) is 4.79 Å². The highest BCUT2D eigenvalue weighted by Crippen LogP contribution is 2.15. The fourth-order valence-corrected chi connectivity index (χ4v) is 2.32. The molecule has 7 nitrogen and oxygen atoms in total. The van der Waals surface area contributed by atoms with Gasteiger partial charge in [-0.25, -0.2) is 4.98 Å². The lowest BCUT2D eigenvalue weighted by molar-refractivity contribution is -0.115. The molecular weight excluding hydrogens is 304 g/mol. The Balaban J connectivity index is 1.62. The molecule has 0 spiro atoms. The van der Waals surface area contributed by atoms with Gasteiger partial charge in [0, 0.05) is 18.6 Å². The predicted octanol–water partition coefficient (Wildman–Crippen LogP) is 1.77. The van der Waals surface area contributed by atoms with E-state index in [1.807, 2.05) is 24.3 Å². The number of nitrogens with one attached hydrogen (secondary N) is 2. The van der Waals surface area contributed by atoms with Gasteiger partial charge in [0.1, 0.15) is 5.70 Å². The van der Waals surface area contributed by atoms with Crippen molar-refractivity contribution in [1.82, 2.24) is 25.6 Å². The minimum Gasteiger partial charge on any atom is -0.321 e. The number of benzene rings is 1. The summed E-state index contributed by atoms with van der Waals surface area (Å²) in [6, 6.07) is 11.0. The van der Waals surface area contributed by atoms with Gasteiger partial charge in [-0.3, -0.25) is 20.1 Å². The molecule has 0 unspecified atom stereocenters. The van der Waals surface area contributed by atoms with Crippen molar-refractivity contribution in [3.8, 4) is 0 Å². The van der Waals surface area contributed by atoms with E-state index >= 15 is 0 Å². The third-order valence-electron chi connectivity index (χ3n) is 3.41. The van der Waals surface area contributed by atoms with Crippen LogP contribution < -0.4 is 10.6 Å². The normalized spacial score (nSPS) is 17.2. The molecule has 0 saturated carbocycles. The molecule has 0 aliphatic carbocycles. The Morgan fingerprint density at radius 2 is 1.79 bits per heavy atom. The molecule has 1 fully saturated rings. The second-order valence-corrected chi connectivity index (χ2v) is 5.09. The number of amides is 1. The van der Waals surface area contributed by atoms with Crippen LogP contribution in [0.5, 0.6) is 0 Å². The Kier molecular flexibility index (Phi) is 3.43. The maximum atomic E-state index is 12.1. The van der Waals surface area contributed by atoms with E-state index in [9.17, 15) is 4.79 Å². The molecule has 24 heavy (non-hydrogen) atoms. The maximum absolute atomic E-state index is 12.1. The largest absolute Gasteiger partial charge is 0.321 e. The van der Waals surface area contributed by atoms with E-state index in [0.29, 0.717) is 17.5 Å². The van der Waals surface area contributed by atoms with E-state index in [2.05, 4.69) is 30.6 Å². The SMILES string of the molecule is O=C1N/C(=N/c2ccccn2)N/C1=C\c1ccc2nccnc2c1. The van der Waals surface area contributed by atoms with Crippen LogP contribution in [0, 0.1) is 0 Å². The third-order valence-corrected chi connectivity index (χ3v) is 3.41. The van der Waals surface area contributed by atoms with E-state index in [-0.39, 0.29) is 5.91 Å². The summed E-state index contributed by atoms with van der Waals surface area (Å²) in [6.45, 7) is 0. The van der Waals surface area contributed by atoms with Crippen LogP contribution in [0.15, 0.2) is 65.7 Å². The number of hydrogen-bond acceptors (Lipinski definition) is 5. The highest BCUT2D eigenvalue weighted by atomic mass is 16.2. The number of fused-ring (bicyclic) bond motifs is 1. The minimum atomic E-state index is -0.246. The van der Waals surface area contributed by atoms with Crippen LogP contribution in [0.2, 0.25) is 0 Å². The first-order valence-electron chi connectivity index (χ1n) is 7.28. The smallest absolute Gasteiger partial charge is 0.274 e. The van der Waals surface area contributed by atoms with E-state index < -0.39 is 0 Å². The summed E-state index contributed by atoms with van der Waals surface area (Å²) in [4.78, 5) is 28.9. The fraction of sp³-hybridized carbons (Fsp3) is 0. The van der Waals surface area contributed by atoms with Crippen LogP contribution >= 0.6 is 0 Å². The van der Waals surface area contributed by atoms with Crippen molar-refractivity contribution in [2.75, 3.05) is 0 Å². The van der Waals surface area contributed by atoms with Crippen LogP contribution in [0.25, 0.3) is 17.1 Å². The van der Waals surface area contributed by atoms with Crippen LogP contribution in [0.4, 0.5) is 5.82 Å². The third kappa shape index (κ3) is 2.82. The summed E-state index contributed by atoms with van der Waals surface area (Å²) in [7, 11) is 0. The molecule has 0 atom stereocenters. The molecule has 2 N–H and O–H groups in total. The van der Waals surface area contributed by atoms with Crippen molar-refractivity contribution < 1.29 is 4.79 Å². The Morgan fingerprint density at radius 3 is 2.62 bits per heavy atom. The van der Waals surface area contributed by atoms with Gasteiger partial charge in [-0.2, -0.15) is 4.99 Å². The van der Waals surface area contributed by atoms with Gasteiger partial charge >= 0.3 is 0 Å². The van der Waals surface area contributed by atoms with Crippen LogP contribution in [-0.4, -0.2) is 26.8 Å². The summed E-state index contributed by atoms with van der Waals surface area (Å²) in [5.74, 6) is 0.622. The number of guanidine groups is 1. The van der Waals surface area contributed by atoms with Gasteiger partial charge in [0.15, 0.2) is 5.82 Å². The maximum Gasteiger partial charge on any atom is 0.274 e. The number of carbonyl (C=O) groups is 1. The molecule has 7 heteroatoms. The number of nitrogens with zero attached hydrogens (tertiary/aromatic N) is 4. The highest BCUT2D eigenvalue weighted by Gasteiger charge is 2.21. The predicted molar refractivity (Wildman–Crippen MR) is 90.1 cm³/mol. The van der Waals surface area contributed by atoms with Gasteiger partial charge < -0.3 is 5.32 Å². The van der Waals surface area contributed by atoms with Gasteiger partial charge in [-0.1, -0.05) is 12.1 Å². The van der Waals surface area contributed by atoms with Crippen molar-refractivity contribution in [2.24, 2.45) is 4.99 Å². The first-order chi connectivity index (χ1) is 11.8. The molecule has 1 amide bonds. The fourth-order valence-electron chi connectivity index (χ4n) is 2.32. The molecule has 1 aromatic carbocycles. The molecule has 2 aromatic heterocycles. The van der Waals surface area contributed by atoms with Crippen LogP contribution in [0.1, 0.15) is 5.56 Å². The zero-order valence-electron chi connectivity index (χ0n) is 12.5. The van der Waals surface area contributed by atoms with E-state index in [1.54, 1.807) is 36.8 Å². The highest BCUT2D eigenvalue weighted by molar-refractivity contribution is 6.16. The number of hydrogen-bond donors (Lipinski definition) is 2. The van der Waals surface area contributed by atoms with E-state index in [4.69, 9.17) is 0 Å². The molecular formula is C17H12N6O. The number of aliphatic imine (C=N–C) groups is 1. The lowest BCUT2D eigenvalue weighted by Crippen LogP contribution is -2.24. The van der Waals surface area contributed by atoms with Crippen molar-refractivity contribution in [3.63, 3.8) is 0 Å². The first kappa shape index (κ1) is 14.0.